The lowest BCUT2D eigenvalue weighted by Gasteiger charge is -2.45. The van der Waals surface area contributed by atoms with Gasteiger partial charge in [-0.2, -0.15) is 0 Å². The molecule has 9 heteroatoms. The Morgan fingerprint density at radius 2 is 1.81 bits per heavy atom. The first-order chi connectivity index (χ1) is 14.7. The number of rotatable bonds is 7. The maximum absolute atomic E-state index is 13.3. The molecule has 2 unspecified atom stereocenters. The van der Waals surface area contributed by atoms with Crippen LogP contribution in [-0.2, 0) is 17.9 Å². The summed E-state index contributed by atoms with van der Waals surface area (Å²) in [4.78, 5) is 39.5. The molecule has 0 bridgehead atoms. The van der Waals surface area contributed by atoms with Crippen molar-refractivity contribution in [2.75, 3.05) is 6.54 Å². The summed E-state index contributed by atoms with van der Waals surface area (Å²) in [6.45, 7) is 2.33. The molecule has 3 rings (SSSR count). The molecule has 2 atom stereocenters. The highest BCUT2D eigenvalue weighted by molar-refractivity contribution is 6.67. The van der Waals surface area contributed by atoms with Crippen LogP contribution in [0, 0.1) is 5.92 Å². The summed E-state index contributed by atoms with van der Waals surface area (Å²) < 4.78 is 0. The second-order valence-electron chi connectivity index (χ2n) is 7.53. The van der Waals surface area contributed by atoms with Crippen molar-refractivity contribution >= 4 is 52.0 Å². The van der Waals surface area contributed by atoms with Crippen LogP contribution < -0.4 is 5.11 Å². The smallest absolute Gasteiger partial charge is 0.320 e. The zero-order valence-electron chi connectivity index (χ0n) is 16.7. The molecular formula is C22H20Cl3N2O4-. The Kier molecular flexibility index (Phi) is 7.46. The van der Waals surface area contributed by atoms with E-state index < -0.39 is 11.2 Å². The van der Waals surface area contributed by atoms with E-state index in [9.17, 15) is 19.5 Å². The van der Waals surface area contributed by atoms with Crippen LogP contribution in [0.2, 0.25) is 10.0 Å². The van der Waals surface area contributed by atoms with E-state index in [1.165, 1.54) is 4.90 Å². The lowest BCUT2D eigenvalue weighted by molar-refractivity contribution is -0.307. The van der Waals surface area contributed by atoms with Crippen LogP contribution in [0.5, 0.6) is 0 Å². The van der Waals surface area contributed by atoms with E-state index in [0.29, 0.717) is 26.7 Å². The normalized spacial score (nSPS) is 18.9. The number of carbonyl (C=O) groups is 3. The Morgan fingerprint density at radius 1 is 1.10 bits per heavy atom. The Balaban J connectivity index is 1.92. The molecule has 2 amide bonds. The van der Waals surface area contributed by atoms with Crippen LogP contribution >= 0.6 is 34.8 Å². The Bertz CT molecular complexity index is 1010. The minimum absolute atomic E-state index is 0.120. The predicted molar refractivity (Wildman–Crippen MR) is 117 cm³/mol. The van der Waals surface area contributed by atoms with Crippen molar-refractivity contribution in [1.29, 1.82) is 0 Å². The van der Waals surface area contributed by atoms with Gasteiger partial charge in [-0.1, -0.05) is 47.5 Å². The maximum Gasteiger partial charge on any atom is 0.320 e. The number of carboxylic acids is 1. The number of carbonyl (C=O) groups excluding carboxylic acids is 3. The number of halogens is 3. The average Bonchev–Trinajstić information content (AvgIpc) is 2.70. The predicted octanol–water partition coefficient (Wildman–Crippen LogP) is 3.95. The molecule has 1 fully saturated rings. The fourth-order valence-electron chi connectivity index (χ4n) is 3.81. The third kappa shape index (κ3) is 5.50. The van der Waals surface area contributed by atoms with Gasteiger partial charge >= 0.3 is 6.03 Å². The van der Waals surface area contributed by atoms with Crippen LogP contribution in [-0.4, -0.2) is 39.6 Å². The quantitative estimate of drug-likeness (QED) is 0.560. The molecule has 6 nitrogen and oxygen atoms in total. The van der Waals surface area contributed by atoms with E-state index in [0.717, 1.165) is 0 Å². The number of nitrogens with zero attached hydrogens (tertiary/aromatic N) is 2. The highest BCUT2D eigenvalue weighted by atomic mass is 35.5. The van der Waals surface area contributed by atoms with E-state index in [1.54, 1.807) is 47.4 Å². The summed E-state index contributed by atoms with van der Waals surface area (Å²) in [6.07, 6.45) is -0.202. The van der Waals surface area contributed by atoms with E-state index >= 15 is 0 Å². The van der Waals surface area contributed by atoms with Gasteiger partial charge in [-0.25, -0.2) is 4.79 Å². The number of aliphatic carboxylic acids is 1. The van der Waals surface area contributed by atoms with E-state index in [-0.39, 0.29) is 44.0 Å². The first-order valence-corrected chi connectivity index (χ1v) is 10.8. The number of hydrogen-bond donors (Lipinski definition) is 0. The van der Waals surface area contributed by atoms with Crippen molar-refractivity contribution < 1.29 is 19.5 Å². The summed E-state index contributed by atoms with van der Waals surface area (Å²) in [6, 6.07) is 11.1. The summed E-state index contributed by atoms with van der Waals surface area (Å²) >= 11 is 17.9. The second-order valence-corrected chi connectivity index (χ2v) is 8.72. The number of carboxylic acid groups (broad SMARTS) is 1. The summed E-state index contributed by atoms with van der Waals surface area (Å²) in [7, 11) is 0. The summed E-state index contributed by atoms with van der Waals surface area (Å²) in [5.74, 6) is -1.56. The van der Waals surface area contributed by atoms with Gasteiger partial charge < -0.3 is 19.7 Å². The topological polar surface area (TPSA) is 80.7 Å². The van der Waals surface area contributed by atoms with E-state index in [2.05, 4.69) is 0 Å². The van der Waals surface area contributed by atoms with Gasteiger partial charge in [0.05, 0.1) is 0 Å². The Labute approximate surface area is 195 Å². The zero-order chi connectivity index (χ0) is 22.7. The highest BCUT2D eigenvalue weighted by Crippen LogP contribution is 2.30. The zero-order valence-corrected chi connectivity index (χ0v) is 19.0. The number of benzene rings is 2. The highest BCUT2D eigenvalue weighted by Gasteiger charge is 2.38. The first kappa shape index (κ1) is 23.4. The molecule has 164 valence electrons. The van der Waals surface area contributed by atoms with Crippen molar-refractivity contribution in [2.45, 2.75) is 32.5 Å². The number of urea groups is 1. The van der Waals surface area contributed by atoms with Gasteiger partial charge in [0.25, 0.3) is 5.24 Å². The number of amides is 2. The van der Waals surface area contributed by atoms with Gasteiger partial charge in [0.15, 0.2) is 0 Å². The van der Waals surface area contributed by atoms with E-state index in [4.69, 9.17) is 34.8 Å². The standard InChI is InChI=1S/C22H21Cl3N2O4/c1-13-16(8-20(28)29)11-26(10-14-4-2-3-5-18(14)21(25)30)22(31)27(13)12-15-6-7-17(23)9-19(15)24/h2-7,9,13,16H,8,10-12H2,1H3,(H,28,29)/p-1. The molecule has 1 saturated heterocycles. The monoisotopic (exact) mass is 481 g/mol. The molecule has 0 aliphatic carbocycles. The average molecular weight is 483 g/mol. The van der Waals surface area contributed by atoms with Crippen LogP contribution in [0.25, 0.3) is 0 Å². The third-order valence-electron chi connectivity index (χ3n) is 5.52. The number of hydrogen-bond acceptors (Lipinski definition) is 4. The van der Waals surface area contributed by atoms with Crippen molar-refractivity contribution in [3.63, 3.8) is 0 Å². The fraction of sp³-hybridized carbons (Fsp3) is 0.318. The first-order valence-electron chi connectivity index (χ1n) is 9.64. The van der Waals surface area contributed by atoms with Gasteiger partial charge in [0.2, 0.25) is 0 Å². The van der Waals surface area contributed by atoms with Gasteiger partial charge in [0.1, 0.15) is 0 Å². The van der Waals surface area contributed by atoms with Crippen molar-refractivity contribution in [1.82, 2.24) is 9.80 Å². The van der Waals surface area contributed by atoms with Gasteiger partial charge in [0, 0.05) is 53.2 Å². The minimum atomic E-state index is -1.19. The second kappa shape index (κ2) is 9.90. The van der Waals surface area contributed by atoms with Crippen LogP contribution in [0.4, 0.5) is 4.79 Å². The Morgan fingerprint density at radius 3 is 2.45 bits per heavy atom. The molecule has 0 aromatic heterocycles. The van der Waals surface area contributed by atoms with Crippen molar-refractivity contribution in [2.24, 2.45) is 5.92 Å². The van der Waals surface area contributed by atoms with Crippen molar-refractivity contribution in [3.8, 4) is 0 Å². The largest absolute Gasteiger partial charge is 0.550 e. The fourth-order valence-corrected chi connectivity index (χ4v) is 4.46. The molecule has 0 radical (unpaired) electrons. The molecule has 2 aromatic carbocycles. The van der Waals surface area contributed by atoms with Crippen LogP contribution in [0.3, 0.4) is 0 Å². The molecule has 2 aromatic rings. The summed E-state index contributed by atoms with van der Waals surface area (Å²) in [5, 5.41) is 11.6. The Hall–Kier alpha value is -2.28. The minimum Gasteiger partial charge on any atom is -0.550 e. The summed E-state index contributed by atoms with van der Waals surface area (Å²) in [5.41, 5.74) is 1.58. The molecule has 31 heavy (non-hydrogen) atoms. The third-order valence-corrected chi connectivity index (χ3v) is 6.31. The molecule has 1 aliphatic rings. The maximum atomic E-state index is 13.3. The van der Waals surface area contributed by atoms with Gasteiger partial charge in [-0.3, -0.25) is 4.79 Å². The van der Waals surface area contributed by atoms with Crippen molar-refractivity contribution in [3.05, 3.63) is 69.2 Å². The lowest BCUT2D eigenvalue weighted by atomic mass is 9.92. The molecule has 0 N–H and O–H groups in total. The van der Waals surface area contributed by atoms with Gasteiger partial charge in [-0.05, 0) is 54.3 Å². The lowest BCUT2D eigenvalue weighted by Crippen LogP contribution is -2.58. The van der Waals surface area contributed by atoms with Gasteiger partial charge in [-0.15, -0.1) is 0 Å². The molecular weight excluding hydrogens is 463 g/mol. The van der Waals surface area contributed by atoms with Crippen LogP contribution in [0.15, 0.2) is 42.5 Å². The van der Waals surface area contributed by atoms with Crippen LogP contribution in [0.1, 0.15) is 34.8 Å². The SMILES string of the molecule is CC1C(CC(=O)[O-])CN(Cc2ccccc2C(=O)Cl)C(=O)N1Cc1ccc(Cl)cc1Cl. The molecule has 1 heterocycles. The van der Waals surface area contributed by atoms with E-state index in [1.807, 2.05) is 6.92 Å². The molecule has 0 saturated carbocycles. The molecule has 1 aliphatic heterocycles. The molecule has 0 spiro atoms.